The van der Waals surface area contributed by atoms with Gasteiger partial charge < -0.3 is 9.32 Å². The molecule has 1 saturated heterocycles. The number of benzene rings is 1. The van der Waals surface area contributed by atoms with E-state index < -0.39 is 0 Å². The molecule has 2 aromatic rings. The Morgan fingerprint density at radius 1 is 1.35 bits per heavy atom. The van der Waals surface area contributed by atoms with Gasteiger partial charge in [0.1, 0.15) is 0 Å². The first kappa shape index (κ1) is 15.8. The Labute approximate surface area is 137 Å². The van der Waals surface area contributed by atoms with Crippen molar-refractivity contribution in [3.8, 4) is 0 Å². The first-order valence-electron chi connectivity index (χ1n) is 8.23. The van der Waals surface area contributed by atoms with E-state index in [4.69, 9.17) is 4.42 Å². The standard InChI is InChI=1S/C19H24N2O2/c1-5-16-20-13(2)17(23-16)18(22)21-11-15(19(3,4)12-21)14-9-7-6-8-10-14/h6-10,15H,5,11-12H2,1-4H3/t15-/m0/s1. The Kier molecular flexibility index (Phi) is 4.00. The van der Waals surface area contributed by atoms with Crippen LogP contribution in [0.1, 0.15) is 54.4 Å². The second-order valence-corrected chi connectivity index (χ2v) is 7.01. The van der Waals surface area contributed by atoms with Crippen molar-refractivity contribution in [1.82, 2.24) is 9.88 Å². The Balaban J connectivity index is 1.85. The topological polar surface area (TPSA) is 46.3 Å². The van der Waals surface area contributed by atoms with Crippen molar-refractivity contribution in [3.63, 3.8) is 0 Å². The molecule has 1 fully saturated rings. The monoisotopic (exact) mass is 312 g/mol. The van der Waals surface area contributed by atoms with Crippen LogP contribution < -0.4 is 0 Å². The molecular weight excluding hydrogens is 288 g/mol. The van der Waals surface area contributed by atoms with E-state index in [-0.39, 0.29) is 11.3 Å². The maximum Gasteiger partial charge on any atom is 0.291 e. The zero-order chi connectivity index (χ0) is 16.6. The molecule has 0 unspecified atom stereocenters. The summed E-state index contributed by atoms with van der Waals surface area (Å²) < 4.78 is 5.64. The smallest absolute Gasteiger partial charge is 0.291 e. The van der Waals surface area contributed by atoms with Gasteiger partial charge in [0.2, 0.25) is 5.76 Å². The fourth-order valence-corrected chi connectivity index (χ4v) is 3.48. The van der Waals surface area contributed by atoms with Crippen molar-refractivity contribution < 1.29 is 9.21 Å². The van der Waals surface area contributed by atoms with Crippen molar-refractivity contribution in [2.45, 2.75) is 40.0 Å². The largest absolute Gasteiger partial charge is 0.435 e. The van der Waals surface area contributed by atoms with Gasteiger partial charge >= 0.3 is 0 Å². The summed E-state index contributed by atoms with van der Waals surface area (Å²) in [5.41, 5.74) is 2.02. The lowest BCUT2D eigenvalue weighted by atomic mass is 9.78. The predicted octanol–water partition coefficient (Wildman–Crippen LogP) is 3.81. The summed E-state index contributed by atoms with van der Waals surface area (Å²) in [5, 5.41) is 0. The van der Waals surface area contributed by atoms with Gasteiger partial charge in [-0.1, -0.05) is 51.1 Å². The summed E-state index contributed by atoms with van der Waals surface area (Å²) in [5.74, 6) is 1.32. The zero-order valence-electron chi connectivity index (χ0n) is 14.3. The van der Waals surface area contributed by atoms with Crippen molar-refractivity contribution in [1.29, 1.82) is 0 Å². The molecule has 1 aromatic heterocycles. The number of aryl methyl sites for hydroxylation is 2. The second-order valence-electron chi connectivity index (χ2n) is 7.01. The zero-order valence-corrected chi connectivity index (χ0v) is 14.3. The van der Waals surface area contributed by atoms with Crippen LogP contribution in [-0.4, -0.2) is 28.9 Å². The molecule has 0 spiro atoms. The number of hydrogen-bond donors (Lipinski definition) is 0. The molecule has 0 N–H and O–H groups in total. The lowest BCUT2D eigenvalue weighted by Crippen LogP contribution is -2.30. The number of hydrogen-bond acceptors (Lipinski definition) is 3. The number of carbonyl (C=O) groups excluding carboxylic acids is 1. The van der Waals surface area contributed by atoms with Crippen LogP contribution >= 0.6 is 0 Å². The quantitative estimate of drug-likeness (QED) is 0.865. The fourth-order valence-electron chi connectivity index (χ4n) is 3.48. The first-order valence-corrected chi connectivity index (χ1v) is 8.23. The summed E-state index contributed by atoms with van der Waals surface area (Å²) in [6, 6.07) is 10.4. The van der Waals surface area contributed by atoms with Gasteiger partial charge in [-0.05, 0) is 17.9 Å². The van der Waals surface area contributed by atoms with E-state index in [1.54, 1.807) is 0 Å². The van der Waals surface area contributed by atoms with Crippen LogP contribution in [0.15, 0.2) is 34.7 Å². The molecule has 4 heteroatoms. The summed E-state index contributed by atoms with van der Waals surface area (Å²) in [6.07, 6.45) is 0.701. The highest BCUT2D eigenvalue weighted by Gasteiger charge is 2.43. The molecule has 1 aliphatic heterocycles. The van der Waals surface area contributed by atoms with Crippen LogP contribution in [0.4, 0.5) is 0 Å². The number of aromatic nitrogens is 1. The minimum absolute atomic E-state index is 0.0402. The van der Waals surface area contributed by atoms with Crippen LogP contribution in [-0.2, 0) is 6.42 Å². The lowest BCUT2D eigenvalue weighted by Gasteiger charge is -2.25. The number of nitrogens with zero attached hydrogens (tertiary/aromatic N) is 2. The third kappa shape index (κ3) is 2.90. The maximum atomic E-state index is 12.9. The molecule has 0 radical (unpaired) electrons. The molecule has 0 bridgehead atoms. The van der Waals surface area contributed by atoms with Crippen LogP contribution in [0.3, 0.4) is 0 Å². The Bertz CT molecular complexity index is 703. The SMILES string of the molecule is CCc1nc(C)c(C(=O)N2C[C@@H](c3ccccc3)C(C)(C)C2)o1. The number of oxazole rings is 1. The van der Waals surface area contributed by atoms with Gasteiger partial charge in [-0.3, -0.25) is 4.79 Å². The summed E-state index contributed by atoms with van der Waals surface area (Å²) in [7, 11) is 0. The molecule has 0 aliphatic carbocycles. The molecule has 1 amide bonds. The van der Waals surface area contributed by atoms with Crippen LogP contribution in [0.25, 0.3) is 0 Å². The Morgan fingerprint density at radius 3 is 2.65 bits per heavy atom. The summed E-state index contributed by atoms with van der Waals surface area (Å²) >= 11 is 0. The van der Waals surface area contributed by atoms with E-state index in [9.17, 15) is 4.79 Å². The Morgan fingerprint density at radius 2 is 2.04 bits per heavy atom. The fraction of sp³-hybridized carbons (Fsp3) is 0.474. The van der Waals surface area contributed by atoms with E-state index in [1.165, 1.54) is 5.56 Å². The third-order valence-electron chi connectivity index (χ3n) is 4.77. The molecule has 1 aromatic carbocycles. The van der Waals surface area contributed by atoms with Crippen molar-refractivity contribution >= 4 is 5.91 Å². The summed E-state index contributed by atoms with van der Waals surface area (Å²) in [4.78, 5) is 19.1. The van der Waals surface area contributed by atoms with Gasteiger partial charge in [0.05, 0.1) is 5.69 Å². The molecular formula is C19H24N2O2. The number of amides is 1. The van der Waals surface area contributed by atoms with Gasteiger partial charge in [-0.25, -0.2) is 4.98 Å². The van der Waals surface area contributed by atoms with Crippen molar-refractivity contribution in [2.75, 3.05) is 13.1 Å². The molecule has 23 heavy (non-hydrogen) atoms. The van der Waals surface area contributed by atoms with E-state index in [0.717, 1.165) is 13.1 Å². The molecule has 1 atom stereocenters. The van der Waals surface area contributed by atoms with E-state index >= 15 is 0 Å². The minimum Gasteiger partial charge on any atom is -0.435 e. The highest BCUT2D eigenvalue weighted by molar-refractivity contribution is 5.92. The van der Waals surface area contributed by atoms with E-state index in [1.807, 2.05) is 24.8 Å². The molecule has 4 nitrogen and oxygen atoms in total. The average molecular weight is 312 g/mol. The average Bonchev–Trinajstić information content (AvgIpc) is 3.07. The van der Waals surface area contributed by atoms with Gasteiger partial charge in [0, 0.05) is 25.4 Å². The highest BCUT2D eigenvalue weighted by Crippen LogP contribution is 2.42. The van der Waals surface area contributed by atoms with Crippen LogP contribution in [0.5, 0.6) is 0 Å². The normalized spacial score (nSPS) is 20.0. The molecule has 122 valence electrons. The maximum absolute atomic E-state index is 12.9. The minimum atomic E-state index is -0.0405. The van der Waals surface area contributed by atoms with Gasteiger partial charge in [-0.2, -0.15) is 0 Å². The predicted molar refractivity (Wildman–Crippen MR) is 89.5 cm³/mol. The molecule has 3 rings (SSSR count). The van der Waals surface area contributed by atoms with Gasteiger partial charge in [0.25, 0.3) is 5.91 Å². The highest BCUT2D eigenvalue weighted by atomic mass is 16.4. The van der Waals surface area contributed by atoms with Crippen LogP contribution in [0, 0.1) is 12.3 Å². The van der Waals surface area contributed by atoms with E-state index in [2.05, 4.69) is 43.1 Å². The molecule has 2 heterocycles. The molecule has 1 aliphatic rings. The number of carbonyl (C=O) groups is 1. The summed E-state index contributed by atoms with van der Waals surface area (Å²) in [6.45, 7) is 9.71. The van der Waals surface area contributed by atoms with Crippen LogP contribution in [0.2, 0.25) is 0 Å². The van der Waals surface area contributed by atoms with E-state index in [0.29, 0.717) is 29.7 Å². The van der Waals surface area contributed by atoms with Crippen molar-refractivity contribution in [3.05, 3.63) is 53.2 Å². The number of rotatable bonds is 3. The molecule has 0 saturated carbocycles. The van der Waals surface area contributed by atoms with Gasteiger partial charge in [-0.15, -0.1) is 0 Å². The third-order valence-corrected chi connectivity index (χ3v) is 4.77. The lowest BCUT2D eigenvalue weighted by molar-refractivity contribution is 0.0743. The first-order chi connectivity index (χ1) is 10.9. The number of likely N-dealkylation sites (tertiary alicyclic amines) is 1. The second kappa shape index (κ2) is 5.84. The Hall–Kier alpha value is -2.10. The van der Waals surface area contributed by atoms with Crippen molar-refractivity contribution in [2.24, 2.45) is 5.41 Å². The van der Waals surface area contributed by atoms with Gasteiger partial charge in [0.15, 0.2) is 5.89 Å².